The van der Waals surface area contributed by atoms with Crippen molar-refractivity contribution in [3.63, 3.8) is 0 Å². The molecule has 0 aliphatic heterocycles. The van der Waals surface area contributed by atoms with Crippen molar-refractivity contribution in [3.8, 4) is 17.2 Å². The first-order valence-corrected chi connectivity index (χ1v) is 7.64. The molecule has 0 bridgehead atoms. The number of rotatable bonds is 7. The van der Waals surface area contributed by atoms with Crippen LogP contribution in [0.3, 0.4) is 0 Å². The first-order chi connectivity index (χ1) is 11.1. The van der Waals surface area contributed by atoms with E-state index < -0.39 is 0 Å². The van der Waals surface area contributed by atoms with E-state index in [1.807, 2.05) is 13.8 Å². The van der Waals surface area contributed by atoms with Crippen LogP contribution in [-0.2, 0) is 0 Å². The van der Waals surface area contributed by atoms with Crippen molar-refractivity contribution >= 4 is 11.6 Å². The molecule has 2 aromatic rings. The monoisotopic (exact) mass is 315 g/mol. The number of aromatic hydroxyl groups is 1. The van der Waals surface area contributed by atoms with E-state index in [4.69, 9.17) is 9.47 Å². The molecule has 0 saturated carbocycles. The third-order valence-electron chi connectivity index (χ3n) is 3.07. The maximum absolute atomic E-state index is 12.3. The number of benzene rings is 2. The number of hydrogen-bond acceptors (Lipinski definition) is 4. The van der Waals surface area contributed by atoms with Crippen molar-refractivity contribution in [3.05, 3.63) is 48.0 Å². The molecule has 2 rings (SSSR count). The van der Waals surface area contributed by atoms with Crippen LogP contribution in [0.25, 0.3) is 0 Å². The Morgan fingerprint density at radius 2 is 1.91 bits per heavy atom. The van der Waals surface area contributed by atoms with Gasteiger partial charge in [-0.3, -0.25) is 4.79 Å². The van der Waals surface area contributed by atoms with Crippen molar-refractivity contribution < 1.29 is 19.4 Å². The molecule has 0 unspecified atom stereocenters. The molecule has 122 valence electrons. The van der Waals surface area contributed by atoms with Crippen LogP contribution in [-0.4, -0.2) is 24.2 Å². The second-order valence-corrected chi connectivity index (χ2v) is 4.95. The minimum atomic E-state index is -0.279. The molecule has 0 spiro atoms. The van der Waals surface area contributed by atoms with Crippen LogP contribution in [0.4, 0.5) is 5.69 Å². The van der Waals surface area contributed by atoms with Gasteiger partial charge in [0.15, 0.2) is 11.5 Å². The molecule has 5 nitrogen and oxygen atoms in total. The number of ether oxygens (including phenoxy) is 2. The van der Waals surface area contributed by atoms with Crippen LogP contribution in [0, 0.1) is 0 Å². The van der Waals surface area contributed by atoms with Crippen molar-refractivity contribution in [1.29, 1.82) is 0 Å². The predicted octanol–water partition coefficient (Wildman–Crippen LogP) is 3.83. The molecule has 0 heterocycles. The van der Waals surface area contributed by atoms with Crippen molar-refractivity contribution in [2.45, 2.75) is 20.3 Å². The summed E-state index contributed by atoms with van der Waals surface area (Å²) in [7, 11) is 0. The van der Waals surface area contributed by atoms with E-state index in [9.17, 15) is 9.90 Å². The van der Waals surface area contributed by atoms with E-state index in [0.717, 1.165) is 6.42 Å². The van der Waals surface area contributed by atoms with E-state index in [1.54, 1.807) is 36.4 Å². The van der Waals surface area contributed by atoms with E-state index in [0.29, 0.717) is 36.0 Å². The van der Waals surface area contributed by atoms with Gasteiger partial charge in [0.25, 0.3) is 5.91 Å². The molecule has 2 aromatic carbocycles. The van der Waals surface area contributed by atoms with Gasteiger partial charge in [0.2, 0.25) is 0 Å². The third kappa shape index (κ3) is 4.64. The summed E-state index contributed by atoms with van der Waals surface area (Å²) < 4.78 is 11.2. The number of phenolic OH excluding ortho intramolecular Hbond substituents is 1. The number of anilines is 1. The molecule has 0 aromatic heterocycles. The van der Waals surface area contributed by atoms with Crippen LogP contribution >= 0.6 is 0 Å². The standard InChI is InChI=1S/C18H21NO4/c1-3-10-23-16-9-8-13(11-17(16)22-4-2)18(21)19-14-6-5-7-15(20)12-14/h5-9,11-12,20H,3-4,10H2,1-2H3,(H,19,21). The maximum Gasteiger partial charge on any atom is 0.255 e. The Hall–Kier alpha value is -2.69. The van der Waals surface area contributed by atoms with Crippen LogP contribution in [0.2, 0.25) is 0 Å². The lowest BCUT2D eigenvalue weighted by atomic mass is 10.1. The Bertz CT molecular complexity index is 670. The normalized spacial score (nSPS) is 10.2. The SMILES string of the molecule is CCCOc1ccc(C(=O)Nc2cccc(O)c2)cc1OCC. The molecule has 0 atom stereocenters. The van der Waals surface area contributed by atoms with E-state index >= 15 is 0 Å². The summed E-state index contributed by atoms with van der Waals surface area (Å²) in [4.78, 5) is 12.3. The third-order valence-corrected chi connectivity index (χ3v) is 3.07. The number of phenols is 1. The van der Waals surface area contributed by atoms with Gasteiger partial charge in [0.05, 0.1) is 13.2 Å². The van der Waals surface area contributed by atoms with E-state index in [-0.39, 0.29) is 11.7 Å². The first kappa shape index (κ1) is 16.7. The minimum absolute atomic E-state index is 0.0983. The summed E-state index contributed by atoms with van der Waals surface area (Å²) in [5.41, 5.74) is 0.986. The highest BCUT2D eigenvalue weighted by molar-refractivity contribution is 6.04. The lowest BCUT2D eigenvalue weighted by Gasteiger charge is -2.13. The largest absolute Gasteiger partial charge is 0.508 e. The summed E-state index contributed by atoms with van der Waals surface area (Å²) in [6.07, 6.45) is 0.894. The molecule has 0 radical (unpaired) electrons. The van der Waals surface area contributed by atoms with Gasteiger partial charge in [-0.1, -0.05) is 13.0 Å². The van der Waals surface area contributed by atoms with Gasteiger partial charge >= 0.3 is 0 Å². The number of carbonyl (C=O) groups is 1. The number of nitrogens with one attached hydrogen (secondary N) is 1. The zero-order valence-electron chi connectivity index (χ0n) is 13.3. The van der Waals surface area contributed by atoms with Crippen molar-refractivity contribution in [2.24, 2.45) is 0 Å². The Kier molecular flexibility index (Phi) is 5.86. The molecule has 5 heteroatoms. The second kappa shape index (κ2) is 8.08. The number of hydrogen-bond donors (Lipinski definition) is 2. The zero-order valence-corrected chi connectivity index (χ0v) is 13.3. The summed E-state index contributed by atoms with van der Waals surface area (Å²) >= 11 is 0. The molecule has 0 saturated heterocycles. The Morgan fingerprint density at radius 3 is 2.61 bits per heavy atom. The van der Waals surface area contributed by atoms with Crippen molar-refractivity contribution in [1.82, 2.24) is 0 Å². The second-order valence-electron chi connectivity index (χ2n) is 4.95. The summed E-state index contributed by atoms with van der Waals surface area (Å²) in [6.45, 7) is 4.98. The van der Waals surface area contributed by atoms with Gasteiger partial charge < -0.3 is 19.9 Å². The topological polar surface area (TPSA) is 67.8 Å². The van der Waals surface area contributed by atoms with Gasteiger partial charge in [-0.2, -0.15) is 0 Å². The summed E-state index contributed by atoms with van der Waals surface area (Å²) in [5.74, 6) is 0.992. The van der Waals surface area contributed by atoms with Gasteiger partial charge in [-0.05, 0) is 43.7 Å². The average molecular weight is 315 g/mol. The highest BCUT2D eigenvalue weighted by atomic mass is 16.5. The molecular weight excluding hydrogens is 294 g/mol. The fourth-order valence-electron chi connectivity index (χ4n) is 2.04. The molecule has 0 fully saturated rings. The van der Waals surface area contributed by atoms with Gasteiger partial charge in [-0.25, -0.2) is 0 Å². The number of amides is 1. The van der Waals surface area contributed by atoms with Gasteiger partial charge in [0, 0.05) is 17.3 Å². The van der Waals surface area contributed by atoms with E-state index in [1.165, 1.54) is 6.07 Å². The first-order valence-electron chi connectivity index (χ1n) is 7.64. The quantitative estimate of drug-likeness (QED) is 0.815. The Labute approximate surface area is 135 Å². The average Bonchev–Trinajstić information content (AvgIpc) is 2.54. The van der Waals surface area contributed by atoms with Gasteiger partial charge in [0.1, 0.15) is 5.75 Å². The fraction of sp³-hybridized carbons (Fsp3) is 0.278. The predicted molar refractivity (Wildman–Crippen MR) is 89.5 cm³/mol. The molecule has 1 amide bonds. The molecular formula is C18H21NO4. The van der Waals surface area contributed by atoms with Crippen molar-refractivity contribution in [2.75, 3.05) is 18.5 Å². The molecule has 2 N–H and O–H groups in total. The van der Waals surface area contributed by atoms with Crippen LogP contribution in [0.15, 0.2) is 42.5 Å². The lowest BCUT2D eigenvalue weighted by Crippen LogP contribution is -2.12. The smallest absolute Gasteiger partial charge is 0.255 e. The highest BCUT2D eigenvalue weighted by Crippen LogP contribution is 2.29. The van der Waals surface area contributed by atoms with Crippen LogP contribution < -0.4 is 14.8 Å². The highest BCUT2D eigenvalue weighted by Gasteiger charge is 2.12. The van der Waals surface area contributed by atoms with Crippen LogP contribution in [0.5, 0.6) is 17.2 Å². The van der Waals surface area contributed by atoms with E-state index in [2.05, 4.69) is 5.32 Å². The van der Waals surface area contributed by atoms with Gasteiger partial charge in [-0.15, -0.1) is 0 Å². The molecule has 0 aliphatic carbocycles. The fourth-order valence-corrected chi connectivity index (χ4v) is 2.04. The molecule has 0 aliphatic rings. The maximum atomic E-state index is 12.3. The lowest BCUT2D eigenvalue weighted by molar-refractivity contribution is 0.102. The summed E-state index contributed by atoms with van der Waals surface area (Å²) in [5, 5.41) is 12.2. The minimum Gasteiger partial charge on any atom is -0.508 e. The zero-order chi connectivity index (χ0) is 16.7. The van der Waals surface area contributed by atoms with Crippen LogP contribution in [0.1, 0.15) is 30.6 Å². The summed E-state index contributed by atoms with van der Waals surface area (Å²) in [6, 6.07) is 11.5. The number of carbonyl (C=O) groups excluding carboxylic acids is 1. The Morgan fingerprint density at radius 1 is 1.09 bits per heavy atom. The Balaban J connectivity index is 2.17. The molecule has 23 heavy (non-hydrogen) atoms.